The SMILES string of the molecule is C/C=C\C1CC12CCCC2=O. The van der Waals surface area contributed by atoms with Crippen LogP contribution in [0.5, 0.6) is 0 Å². The van der Waals surface area contributed by atoms with Crippen LogP contribution in [0.2, 0.25) is 0 Å². The summed E-state index contributed by atoms with van der Waals surface area (Å²) >= 11 is 0. The lowest BCUT2D eigenvalue weighted by molar-refractivity contribution is -0.122. The minimum absolute atomic E-state index is 0.145. The predicted molar refractivity (Wildman–Crippen MR) is 44.2 cm³/mol. The molecule has 0 aromatic heterocycles. The first-order chi connectivity index (χ1) is 5.29. The van der Waals surface area contributed by atoms with Gasteiger partial charge >= 0.3 is 0 Å². The molecule has 2 unspecified atom stereocenters. The standard InChI is InChI=1S/C10H14O/c1-2-4-8-7-10(8)6-3-5-9(10)11/h2,4,8H,3,5-7H2,1H3/b4-2-. The van der Waals surface area contributed by atoms with Crippen molar-refractivity contribution in [1.82, 2.24) is 0 Å². The van der Waals surface area contributed by atoms with Crippen LogP contribution in [-0.2, 0) is 4.79 Å². The first kappa shape index (κ1) is 7.08. The second kappa shape index (κ2) is 2.20. The molecule has 0 heterocycles. The number of hydrogen-bond acceptors (Lipinski definition) is 1. The van der Waals surface area contributed by atoms with Crippen molar-refractivity contribution in [2.75, 3.05) is 0 Å². The highest BCUT2D eigenvalue weighted by atomic mass is 16.1. The molecular formula is C10H14O. The molecule has 0 N–H and O–H groups in total. The lowest BCUT2D eigenvalue weighted by Crippen LogP contribution is -2.08. The summed E-state index contributed by atoms with van der Waals surface area (Å²) in [5.41, 5.74) is 0.145. The molecular weight excluding hydrogens is 136 g/mol. The summed E-state index contributed by atoms with van der Waals surface area (Å²) < 4.78 is 0. The van der Waals surface area contributed by atoms with Crippen LogP contribution in [-0.4, -0.2) is 5.78 Å². The zero-order valence-electron chi connectivity index (χ0n) is 6.97. The van der Waals surface area contributed by atoms with Crippen LogP contribution < -0.4 is 0 Å². The average Bonchev–Trinajstić information content (AvgIpc) is 2.53. The second-order valence-corrected chi connectivity index (χ2v) is 3.77. The number of carbonyl (C=O) groups is 1. The molecule has 2 rings (SSSR count). The number of ketones is 1. The molecule has 2 aliphatic carbocycles. The Balaban J connectivity index is 2.10. The molecule has 0 radical (unpaired) electrons. The van der Waals surface area contributed by atoms with Crippen molar-refractivity contribution in [3.8, 4) is 0 Å². The molecule has 2 atom stereocenters. The minimum atomic E-state index is 0.145. The lowest BCUT2D eigenvalue weighted by Gasteiger charge is -2.01. The Labute approximate surface area is 67.5 Å². The topological polar surface area (TPSA) is 17.1 Å². The summed E-state index contributed by atoms with van der Waals surface area (Å²) in [4.78, 5) is 11.4. The van der Waals surface area contributed by atoms with Gasteiger partial charge in [-0.25, -0.2) is 0 Å². The van der Waals surface area contributed by atoms with Gasteiger partial charge in [0.25, 0.3) is 0 Å². The number of Topliss-reactive ketones (excluding diaryl/α,β-unsaturated/α-hetero) is 1. The summed E-state index contributed by atoms with van der Waals surface area (Å²) in [6.45, 7) is 2.03. The molecule has 0 amide bonds. The molecule has 1 spiro atoms. The third kappa shape index (κ3) is 0.867. The first-order valence-electron chi connectivity index (χ1n) is 4.46. The van der Waals surface area contributed by atoms with E-state index in [0.29, 0.717) is 11.7 Å². The molecule has 2 aliphatic rings. The van der Waals surface area contributed by atoms with Gasteiger partial charge in [-0.3, -0.25) is 4.79 Å². The van der Waals surface area contributed by atoms with Gasteiger partial charge in [-0.15, -0.1) is 0 Å². The zero-order valence-corrected chi connectivity index (χ0v) is 6.97. The number of hydrogen-bond donors (Lipinski definition) is 0. The van der Waals surface area contributed by atoms with Crippen LogP contribution in [0, 0.1) is 11.3 Å². The Kier molecular flexibility index (Phi) is 1.41. The van der Waals surface area contributed by atoms with Crippen LogP contribution in [0.4, 0.5) is 0 Å². The molecule has 0 aromatic rings. The van der Waals surface area contributed by atoms with Crippen molar-refractivity contribution in [2.24, 2.45) is 11.3 Å². The Bertz CT molecular complexity index is 217. The molecule has 1 heteroatoms. The Morgan fingerprint density at radius 1 is 1.64 bits per heavy atom. The largest absolute Gasteiger partial charge is 0.299 e. The van der Waals surface area contributed by atoms with E-state index in [1.165, 1.54) is 0 Å². The third-order valence-electron chi connectivity index (χ3n) is 3.14. The van der Waals surface area contributed by atoms with Crippen LogP contribution in [0.25, 0.3) is 0 Å². The highest BCUT2D eigenvalue weighted by molar-refractivity contribution is 5.90. The maximum atomic E-state index is 11.4. The highest BCUT2D eigenvalue weighted by Crippen LogP contribution is 2.61. The predicted octanol–water partition coefficient (Wildman–Crippen LogP) is 2.32. The molecule has 60 valence electrons. The summed E-state index contributed by atoms with van der Waals surface area (Å²) in [5.74, 6) is 1.13. The van der Waals surface area contributed by atoms with E-state index in [4.69, 9.17) is 0 Å². The quantitative estimate of drug-likeness (QED) is 0.524. The fourth-order valence-electron chi connectivity index (χ4n) is 2.38. The third-order valence-corrected chi connectivity index (χ3v) is 3.14. The van der Waals surface area contributed by atoms with Crippen molar-refractivity contribution < 1.29 is 4.79 Å². The normalized spacial score (nSPS) is 42.6. The van der Waals surface area contributed by atoms with Crippen molar-refractivity contribution in [1.29, 1.82) is 0 Å². The Morgan fingerprint density at radius 3 is 3.00 bits per heavy atom. The summed E-state index contributed by atoms with van der Waals surface area (Å²) in [7, 11) is 0. The van der Waals surface area contributed by atoms with Crippen molar-refractivity contribution >= 4 is 5.78 Å². The molecule has 0 bridgehead atoms. The average molecular weight is 150 g/mol. The molecule has 11 heavy (non-hydrogen) atoms. The second-order valence-electron chi connectivity index (χ2n) is 3.77. The van der Waals surface area contributed by atoms with Gasteiger partial charge < -0.3 is 0 Å². The van der Waals surface area contributed by atoms with Gasteiger partial charge in [0, 0.05) is 11.8 Å². The smallest absolute Gasteiger partial charge is 0.139 e. The van der Waals surface area contributed by atoms with Gasteiger partial charge in [-0.1, -0.05) is 12.2 Å². The number of allylic oxidation sites excluding steroid dienone is 2. The monoisotopic (exact) mass is 150 g/mol. The summed E-state index contributed by atoms with van der Waals surface area (Å²) in [6.07, 6.45) is 8.53. The molecule has 2 fully saturated rings. The highest BCUT2D eigenvalue weighted by Gasteiger charge is 2.59. The van der Waals surface area contributed by atoms with E-state index in [0.717, 1.165) is 25.7 Å². The molecule has 0 aromatic carbocycles. The molecule has 2 saturated carbocycles. The maximum absolute atomic E-state index is 11.4. The minimum Gasteiger partial charge on any atom is -0.299 e. The number of carbonyl (C=O) groups excluding carboxylic acids is 1. The fraction of sp³-hybridized carbons (Fsp3) is 0.700. The summed E-state index contributed by atoms with van der Waals surface area (Å²) in [6, 6.07) is 0. The Morgan fingerprint density at radius 2 is 2.45 bits per heavy atom. The lowest BCUT2D eigenvalue weighted by atomic mass is 10.0. The first-order valence-corrected chi connectivity index (χ1v) is 4.46. The molecule has 0 aliphatic heterocycles. The van der Waals surface area contributed by atoms with E-state index in [1.807, 2.05) is 6.92 Å². The van der Waals surface area contributed by atoms with E-state index >= 15 is 0 Å². The Hall–Kier alpha value is -0.590. The number of rotatable bonds is 1. The van der Waals surface area contributed by atoms with Crippen molar-refractivity contribution in [2.45, 2.75) is 32.6 Å². The van der Waals surface area contributed by atoms with Gasteiger partial charge in [0.05, 0.1) is 0 Å². The van der Waals surface area contributed by atoms with Gasteiger partial charge in [0.1, 0.15) is 5.78 Å². The van der Waals surface area contributed by atoms with Crippen molar-refractivity contribution in [3.05, 3.63) is 12.2 Å². The summed E-state index contributed by atoms with van der Waals surface area (Å²) in [5, 5.41) is 0. The van der Waals surface area contributed by atoms with Gasteiger partial charge in [0.2, 0.25) is 0 Å². The molecule has 0 saturated heterocycles. The van der Waals surface area contributed by atoms with E-state index in [9.17, 15) is 4.79 Å². The van der Waals surface area contributed by atoms with Crippen LogP contribution in [0.3, 0.4) is 0 Å². The van der Waals surface area contributed by atoms with Gasteiger partial charge in [0.15, 0.2) is 0 Å². The van der Waals surface area contributed by atoms with Gasteiger partial charge in [-0.2, -0.15) is 0 Å². The fourth-order valence-corrected chi connectivity index (χ4v) is 2.38. The van der Waals surface area contributed by atoms with E-state index < -0.39 is 0 Å². The van der Waals surface area contributed by atoms with E-state index in [2.05, 4.69) is 12.2 Å². The molecule has 1 nitrogen and oxygen atoms in total. The zero-order chi connectivity index (χ0) is 7.90. The van der Waals surface area contributed by atoms with Crippen molar-refractivity contribution in [3.63, 3.8) is 0 Å². The van der Waals surface area contributed by atoms with Crippen LogP contribution in [0.15, 0.2) is 12.2 Å². The van der Waals surface area contributed by atoms with Crippen LogP contribution in [0.1, 0.15) is 32.6 Å². The van der Waals surface area contributed by atoms with Crippen LogP contribution >= 0.6 is 0 Å². The van der Waals surface area contributed by atoms with Gasteiger partial charge in [-0.05, 0) is 32.1 Å². The van der Waals surface area contributed by atoms with E-state index in [-0.39, 0.29) is 5.41 Å². The van der Waals surface area contributed by atoms with E-state index in [1.54, 1.807) is 0 Å². The maximum Gasteiger partial charge on any atom is 0.139 e.